The predicted octanol–water partition coefficient (Wildman–Crippen LogP) is 1.06. The lowest BCUT2D eigenvalue weighted by Gasteiger charge is -2.11. The van der Waals surface area contributed by atoms with Crippen LogP contribution in [0.15, 0.2) is 18.2 Å². The highest BCUT2D eigenvalue weighted by molar-refractivity contribution is 5.45. The Morgan fingerprint density at radius 1 is 1.40 bits per heavy atom. The van der Waals surface area contributed by atoms with Gasteiger partial charge in [0.15, 0.2) is 11.5 Å². The number of fused-ring (bicyclic) bond motifs is 1. The van der Waals surface area contributed by atoms with Crippen molar-refractivity contribution in [3.8, 4) is 11.5 Å². The van der Waals surface area contributed by atoms with E-state index in [4.69, 9.17) is 9.47 Å². The predicted molar refractivity (Wildman–Crippen MR) is 56.1 cm³/mol. The Morgan fingerprint density at radius 2 is 2.20 bits per heavy atom. The maximum Gasteiger partial charge on any atom is 0.231 e. The van der Waals surface area contributed by atoms with Crippen LogP contribution in [-0.2, 0) is 0 Å². The molecule has 4 nitrogen and oxygen atoms in total. The Hall–Kier alpha value is -1.26. The van der Waals surface area contributed by atoms with E-state index in [0.717, 1.165) is 17.9 Å². The monoisotopic (exact) mass is 209 g/mol. The summed E-state index contributed by atoms with van der Waals surface area (Å²) in [5, 5.41) is 12.9. The van der Waals surface area contributed by atoms with Gasteiger partial charge in [-0.1, -0.05) is 13.0 Å². The molecule has 1 heterocycles. The number of rotatable bonds is 4. The van der Waals surface area contributed by atoms with Crippen molar-refractivity contribution in [2.24, 2.45) is 0 Å². The molecular formula is C11H15NO3. The minimum Gasteiger partial charge on any atom is -0.454 e. The van der Waals surface area contributed by atoms with E-state index < -0.39 is 6.10 Å². The molecule has 0 saturated heterocycles. The molecule has 82 valence electrons. The lowest BCUT2D eigenvalue weighted by atomic mass is 10.1. The lowest BCUT2D eigenvalue weighted by molar-refractivity contribution is 0.170. The van der Waals surface area contributed by atoms with E-state index in [1.807, 2.05) is 25.1 Å². The Kier molecular flexibility index (Phi) is 3.08. The fourth-order valence-electron chi connectivity index (χ4n) is 1.52. The summed E-state index contributed by atoms with van der Waals surface area (Å²) in [6.45, 7) is 3.67. The fraction of sp³-hybridized carbons (Fsp3) is 0.455. The molecule has 1 aromatic rings. The number of ether oxygens (including phenoxy) is 2. The van der Waals surface area contributed by atoms with Crippen LogP contribution in [0.4, 0.5) is 0 Å². The second kappa shape index (κ2) is 4.51. The second-order valence-corrected chi connectivity index (χ2v) is 3.44. The summed E-state index contributed by atoms with van der Waals surface area (Å²) in [7, 11) is 0. The Morgan fingerprint density at radius 3 is 3.00 bits per heavy atom. The van der Waals surface area contributed by atoms with E-state index in [1.165, 1.54) is 0 Å². The van der Waals surface area contributed by atoms with Crippen LogP contribution in [0.2, 0.25) is 0 Å². The highest BCUT2D eigenvalue weighted by Gasteiger charge is 2.16. The molecule has 0 spiro atoms. The number of hydrogen-bond acceptors (Lipinski definition) is 4. The maximum atomic E-state index is 9.82. The van der Waals surface area contributed by atoms with Crippen molar-refractivity contribution in [3.05, 3.63) is 23.8 Å². The molecular weight excluding hydrogens is 194 g/mol. The van der Waals surface area contributed by atoms with E-state index >= 15 is 0 Å². The van der Waals surface area contributed by atoms with Gasteiger partial charge in [0.25, 0.3) is 0 Å². The smallest absolute Gasteiger partial charge is 0.231 e. The zero-order valence-corrected chi connectivity index (χ0v) is 8.69. The summed E-state index contributed by atoms with van der Waals surface area (Å²) in [4.78, 5) is 0. The van der Waals surface area contributed by atoms with Gasteiger partial charge in [-0.05, 0) is 24.2 Å². The average molecular weight is 209 g/mol. The molecule has 0 bridgehead atoms. The average Bonchev–Trinajstić information content (AvgIpc) is 2.72. The minimum absolute atomic E-state index is 0.266. The SMILES string of the molecule is CCNCC(O)c1ccc2c(c1)OCO2. The molecule has 15 heavy (non-hydrogen) atoms. The van der Waals surface area contributed by atoms with Crippen LogP contribution >= 0.6 is 0 Å². The quantitative estimate of drug-likeness (QED) is 0.778. The number of hydrogen-bond donors (Lipinski definition) is 2. The first-order valence-electron chi connectivity index (χ1n) is 5.09. The van der Waals surface area contributed by atoms with E-state index in [9.17, 15) is 5.11 Å². The summed E-state index contributed by atoms with van der Waals surface area (Å²) in [6.07, 6.45) is -0.501. The van der Waals surface area contributed by atoms with Crippen LogP contribution in [0.3, 0.4) is 0 Å². The summed E-state index contributed by atoms with van der Waals surface area (Å²) in [5.74, 6) is 1.46. The van der Waals surface area contributed by atoms with Crippen molar-refractivity contribution in [1.82, 2.24) is 5.32 Å². The van der Waals surface area contributed by atoms with Crippen LogP contribution in [0, 0.1) is 0 Å². The van der Waals surface area contributed by atoms with Gasteiger partial charge in [-0.2, -0.15) is 0 Å². The van der Waals surface area contributed by atoms with Gasteiger partial charge in [0.05, 0.1) is 6.10 Å². The Balaban J connectivity index is 2.08. The van der Waals surface area contributed by atoms with Crippen molar-refractivity contribution < 1.29 is 14.6 Å². The van der Waals surface area contributed by atoms with Crippen molar-refractivity contribution >= 4 is 0 Å². The number of nitrogens with one attached hydrogen (secondary N) is 1. The molecule has 0 saturated carbocycles. The summed E-state index contributed by atoms with van der Waals surface area (Å²) in [6, 6.07) is 5.51. The zero-order valence-electron chi connectivity index (χ0n) is 8.69. The number of aliphatic hydroxyl groups excluding tert-OH is 1. The van der Waals surface area contributed by atoms with Gasteiger partial charge in [-0.25, -0.2) is 0 Å². The Bertz CT molecular complexity index is 341. The Labute approximate surface area is 88.8 Å². The van der Waals surface area contributed by atoms with Crippen LogP contribution in [-0.4, -0.2) is 25.0 Å². The molecule has 1 unspecified atom stereocenters. The van der Waals surface area contributed by atoms with Crippen LogP contribution < -0.4 is 14.8 Å². The van der Waals surface area contributed by atoms with Gasteiger partial charge < -0.3 is 19.9 Å². The molecule has 4 heteroatoms. The number of benzene rings is 1. The third-order valence-corrected chi connectivity index (χ3v) is 2.37. The molecule has 1 aliphatic rings. The highest BCUT2D eigenvalue weighted by Crippen LogP contribution is 2.33. The van der Waals surface area contributed by atoms with Gasteiger partial charge in [-0.15, -0.1) is 0 Å². The topological polar surface area (TPSA) is 50.7 Å². The highest BCUT2D eigenvalue weighted by atomic mass is 16.7. The standard InChI is InChI=1S/C11H15NO3/c1-2-12-6-9(13)8-3-4-10-11(5-8)15-7-14-10/h3-5,9,12-13H,2,6-7H2,1H3. The van der Waals surface area contributed by atoms with E-state index in [-0.39, 0.29) is 6.79 Å². The first-order chi connectivity index (χ1) is 7.31. The molecule has 0 radical (unpaired) electrons. The van der Waals surface area contributed by atoms with Crippen molar-refractivity contribution in [2.75, 3.05) is 19.9 Å². The van der Waals surface area contributed by atoms with Crippen LogP contribution in [0.1, 0.15) is 18.6 Å². The number of aliphatic hydroxyl groups is 1. The van der Waals surface area contributed by atoms with E-state index in [2.05, 4.69) is 5.32 Å². The minimum atomic E-state index is -0.501. The molecule has 0 amide bonds. The van der Waals surface area contributed by atoms with Crippen molar-refractivity contribution in [2.45, 2.75) is 13.0 Å². The van der Waals surface area contributed by atoms with E-state index in [0.29, 0.717) is 12.3 Å². The third-order valence-electron chi connectivity index (χ3n) is 2.37. The van der Waals surface area contributed by atoms with Crippen molar-refractivity contribution in [3.63, 3.8) is 0 Å². The largest absolute Gasteiger partial charge is 0.454 e. The zero-order chi connectivity index (χ0) is 10.7. The molecule has 2 N–H and O–H groups in total. The van der Waals surface area contributed by atoms with Crippen LogP contribution in [0.25, 0.3) is 0 Å². The van der Waals surface area contributed by atoms with Gasteiger partial charge >= 0.3 is 0 Å². The summed E-state index contributed by atoms with van der Waals surface area (Å²) in [5.41, 5.74) is 0.847. The molecule has 0 aromatic heterocycles. The van der Waals surface area contributed by atoms with Crippen molar-refractivity contribution in [1.29, 1.82) is 0 Å². The summed E-state index contributed by atoms with van der Waals surface area (Å²) >= 11 is 0. The first-order valence-corrected chi connectivity index (χ1v) is 5.09. The van der Waals surface area contributed by atoms with Crippen LogP contribution in [0.5, 0.6) is 11.5 Å². The van der Waals surface area contributed by atoms with Gasteiger partial charge in [-0.3, -0.25) is 0 Å². The number of likely N-dealkylation sites (N-methyl/N-ethyl adjacent to an activating group) is 1. The first kappa shape index (κ1) is 10.3. The van der Waals surface area contributed by atoms with Gasteiger partial charge in [0.1, 0.15) is 0 Å². The third kappa shape index (κ3) is 2.22. The normalized spacial score (nSPS) is 15.3. The molecule has 1 aromatic carbocycles. The van der Waals surface area contributed by atoms with Gasteiger partial charge in [0.2, 0.25) is 6.79 Å². The fourth-order valence-corrected chi connectivity index (χ4v) is 1.52. The second-order valence-electron chi connectivity index (χ2n) is 3.44. The molecule has 0 aliphatic carbocycles. The molecule has 2 rings (SSSR count). The molecule has 0 fully saturated rings. The van der Waals surface area contributed by atoms with E-state index in [1.54, 1.807) is 0 Å². The maximum absolute atomic E-state index is 9.82. The molecule has 1 aliphatic heterocycles. The molecule has 1 atom stereocenters. The summed E-state index contributed by atoms with van der Waals surface area (Å²) < 4.78 is 10.4. The lowest BCUT2D eigenvalue weighted by Crippen LogP contribution is -2.20. The van der Waals surface area contributed by atoms with Gasteiger partial charge in [0, 0.05) is 6.54 Å².